The van der Waals surface area contributed by atoms with Gasteiger partial charge in [0.15, 0.2) is 0 Å². The maximum atomic E-state index is 14.0. The minimum Gasteiger partial charge on any atom is -0.466 e. The highest BCUT2D eigenvalue weighted by molar-refractivity contribution is 5.21. The van der Waals surface area contributed by atoms with Crippen molar-refractivity contribution in [2.24, 2.45) is 11.8 Å². The molecule has 2 unspecified atom stereocenters. The Hall–Kier alpha value is -1.78. The van der Waals surface area contributed by atoms with Crippen LogP contribution in [-0.4, -0.2) is 50.6 Å². The van der Waals surface area contributed by atoms with E-state index >= 15 is 0 Å². The largest absolute Gasteiger partial charge is 0.466 e. The van der Waals surface area contributed by atoms with E-state index in [1.54, 1.807) is 0 Å². The van der Waals surface area contributed by atoms with E-state index < -0.39 is 75.3 Å². The lowest BCUT2D eigenvalue weighted by molar-refractivity contribution is -0.264. The van der Waals surface area contributed by atoms with Crippen LogP contribution in [0.3, 0.4) is 0 Å². The van der Waals surface area contributed by atoms with E-state index in [0.717, 1.165) is 12.8 Å². The van der Waals surface area contributed by atoms with Gasteiger partial charge >= 0.3 is 24.7 Å². The predicted molar refractivity (Wildman–Crippen MR) is 151 cm³/mol. The van der Waals surface area contributed by atoms with Crippen molar-refractivity contribution in [1.82, 2.24) is 0 Å². The smallest absolute Gasteiger partial charge is 0.445 e. The number of alkyl halides is 14. The molecule has 0 aromatic heterocycles. The Balaban J connectivity index is 2.51. The van der Waals surface area contributed by atoms with Crippen molar-refractivity contribution in [3.63, 3.8) is 0 Å². The Morgan fingerprint density at radius 1 is 0.490 bits per heavy atom. The van der Waals surface area contributed by atoms with Gasteiger partial charge in [0.2, 0.25) is 0 Å². The van der Waals surface area contributed by atoms with Crippen LogP contribution in [0.1, 0.15) is 116 Å². The van der Waals surface area contributed by atoms with Crippen molar-refractivity contribution in [2.45, 2.75) is 153 Å². The number of allylic oxidation sites excluding steroid dienone is 4. The SMILES string of the molecule is FC(OCCCCC(OC(CCCCOC(F)C(F)(F)F)=C(CC(F)(F)F)C1CCCCC1)=C(CC(F)(F)F)C1CCCCC1)C(F)(F)F. The first-order valence-electron chi connectivity index (χ1n) is 16.6. The number of hydrogen-bond donors (Lipinski definition) is 0. The molecule has 0 saturated heterocycles. The third-order valence-corrected chi connectivity index (χ3v) is 8.58. The molecule has 2 atom stereocenters. The Kier molecular flexibility index (Phi) is 17.5. The Bertz CT molecular complexity index is 938. The molecule has 0 bridgehead atoms. The monoisotopic (exact) mass is 742 g/mol. The Morgan fingerprint density at radius 2 is 0.816 bits per heavy atom. The van der Waals surface area contributed by atoms with Crippen molar-refractivity contribution in [3.8, 4) is 0 Å². The molecule has 2 aliphatic carbocycles. The molecule has 0 aromatic carbocycles. The van der Waals surface area contributed by atoms with Gasteiger partial charge in [0.1, 0.15) is 11.5 Å². The molecule has 0 radical (unpaired) electrons. The highest BCUT2D eigenvalue weighted by Gasteiger charge is 2.42. The quantitative estimate of drug-likeness (QED) is 0.0795. The minimum absolute atomic E-state index is 0.150. The van der Waals surface area contributed by atoms with E-state index in [1.165, 1.54) is 0 Å². The van der Waals surface area contributed by atoms with E-state index in [4.69, 9.17) is 4.74 Å². The Morgan fingerprint density at radius 3 is 1.10 bits per heavy atom. The summed E-state index contributed by atoms with van der Waals surface area (Å²) in [6.07, 6.45) is -26.4. The molecule has 288 valence electrons. The average Bonchev–Trinajstić information content (AvgIpc) is 2.99. The second-order valence-electron chi connectivity index (χ2n) is 12.6. The lowest BCUT2D eigenvalue weighted by atomic mass is 9.80. The van der Waals surface area contributed by atoms with E-state index in [1.807, 2.05) is 0 Å². The lowest BCUT2D eigenvalue weighted by Gasteiger charge is -2.31. The summed E-state index contributed by atoms with van der Waals surface area (Å²) in [6, 6.07) is 0. The third-order valence-electron chi connectivity index (χ3n) is 8.58. The molecule has 0 amide bonds. The van der Waals surface area contributed by atoms with E-state index in [9.17, 15) is 61.5 Å². The van der Waals surface area contributed by atoms with Gasteiger partial charge in [0, 0.05) is 12.8 Å². The van der Waals surface area contributed by atoms with Crippen molar-refractivity contribution in [2.75, 3.05) is 13.2 Å². The zero-order valence-electron chi connectivity index (χ0n) is 27.0. The third kappa shape index (κ3) is 17.3. The molecule has 0 aromatic rings. The maximum Gasteiger partial charge on any atom is 0.445 e. The van der Waals surface area contributed by atoms with Crippen LogP contribution < -0.4 is 0 Å². The summed E-state index contributed by atoms with van der Waals surface area (Å²) in [6.45, 7) is -1.49. The highest BCUT2D eigenvalue weighted by Crippen LogP contribution is 2.43. The zero-order valence-corrected chi connectivity index (χ0v) is 27.0. The lowest BCUT2D eigenvalue weighted by Crippen LogP contribution is -2.27. The summed E-state index contributed by atoms with van der Waals surface area (Å²) >= 11 is 0. The molecule has 2 rings (SSSR count). The summed E-state index contributed by atoms with van der Waals surface area (Å²) in [5, 5.41) is 0. The van der Waals surface area contributed by atoms with Gasteiger partial charge in [-0.05, 0) is 74.3 Å². The van der Waals surface area contributed by atoms with Crippen molar-refractivity contribution < 1.29 is 75.7 Å². The first-order valence-corrected chi connectivity index (χ1v) is 16.6. The van der Waals surface area contributed by atoms with Crippen LogP contribution in [0.15, 0.2) is 22.7 Å². The molecule has 17 heteroatoms. The summed E-state index contributed by atoms with van der Waals surface area (Å²) in [5.74, 6) is -1.83. The zero-order chi connectivity index (χ0) is 36.9. The van der Waals surface area contributed by atoms with Crippen LogP contribution in [0.2, 0.25) is 0 Å². The van der Waals surface area contributed by atoms with Crippen LogP contribution in [0.5, 0.6) is 0 Å². The molecule has 2 aliphatic rings. The van der Waals surface area contributed by atoms with Gasteiger partial charge in [-0.3, -0.25) is 0 Å². The van der Waals surface area contributed by atoms with E-state index in [0.29, 0.717) is 51.4 Å². The van der Waals surface area contributed by atoms with Crippen LogP contribution in [-0.2, 0) is 14.2 Å². The maximum absolute atomic E-state index is 14.0. The van der Waals surface area contributed by atoms with Crippen molar-refractivity contribution in [1.29, 1.82) is 0 Å². The second-order valence-corrected chi connectivity index (χ2v) is 12.6. The number of hydrogen-bond acceptors (Lipinski definition) is 3. The number of halogens is 14. The van der Waals surface area contributed by atoms with E-state index in [2.05, 4.69) is 9.47 Å². The molecular weight excluding hydrogens is 698 g/mol. The molecule has 0 spiro atoms. The molecule has 49 heavy (non-hydrogen) atoms. The minimum atomic E-state index is -5.29. The molecular formula is C32H44F14O3. The summed E-state index contributed by atoms with van der Waals surface area (Å²) < 4.78 is 200. The van der Waals surface area contributed by atoms with Gasteiger partial charge in [0.25, 0.3) is 12.7 Å². The predicted octanol–water partition coefficient (Wildman–Crippen LogP) is 12.7. The van der Waals surface area contributed by atoms with Gasteiger partial charge in [0.05, 0.1) is 26.1 Å². The molecule has 0 N–H and O–H groups in total. The first-order chi connectivity index (χ1) is 22.7. The van der Waals surface area contributed by atoms with E-state index in [-0.39, 0.29) is 61.2 Å². The fourth-order valence-corrected chi connectivity index (χ4v) is 6.32. The van der Waals surface area contributed by atoms with Crippen molar-refractivity contribution in [3.05, 3.63) is 22.7 Å². The second kappa shape index (κ2) is 19.7. The number of ether oxygens (including phenoxy) is 3. The van der Waals surface area contributed by atoms with Gasteiger partial charge in [-0.25, -0.2) is 8.78 Å². The van der Waals surface area contributed by atoms with Gasteiger partial charge in [-0.15, -0.1) is 0 Å². The normalized spacial score (nSPS) is 20.1. The highest BCUT2D eigenvalue weighted by atomic mass is 19.4. The van der Waals surface area contributed by atoms with Gasteiger partial charge < -0.3 is 14.2 Å². The van der Waals surface area contributed by atoms with Gasteiger partial charge in [-0.1, -0.05) is 38.5 Å². The summed E-state index contributed by atoms with van der Waals surface area (Å²) in [5.41, 5.74) is -0.374. The standard InChI is InChI=1S/C32H44F14O3/c33-27(31(41,42)43)47-17-9-7-15-25(23(19-29(35,36)37)21-11-3-1-4-12-21)49-26(16-8-10-18-48-28(34)32(44,45)46)24(20-30(38,39)40)22-13-5-2-6-14-22/h21-22,27-28H,1-20H2. The Labute approximate surface area is 276 Å². The fraction of sp³-hybridized carbons (Fsp3) is 0.875. The molecule has 2 saturated carbocycles. The number of unbranched alkanes of at least 4 members (excludes halogenated alkanes) is 2. The molecule has 0 heterocycles. The summed E-state index contributed by atoms with van der Waals surface area (Å²) in [7, 11) is 0. The molecule has 0 aliphatic heterocycles. The van der Waals surface area contributed by atoms with Crippen LogP contribution in [0, 0.1) is 11.8 Å². The van der Waals surface area contributed by atoms with Gasteiger partial charge in [-0.2, -0.15) is 52.7 Å². The average molecular weight is 743 g/mol. The molecule has 3 nitrogen and oxygen atoms in total. The van der Waals surface area contributed by atoms with Crippen molar-refractivity contribution >= 4 is 0 Å². The number of rotatable bonds is 18. The fourth-order valence-electron chi connectivity index (χ4n) is 6.32. The molecule has 2 fully saturated rings. The summed E-state index contributed by atoms with van der Waals surface area (Å²) in [4.78, 5) is 0. The first kappa shape index (κ1) is 43.4. The van der Waals surface area contributed by atoms with Crippen LogP contribution >= 0.6 is 0 Å². The van der Waals surface area contributed by atoms with Crippen LogP contribution in [0.25, 0.3) is 0 Å². The van der Waals surface area contributed by atoms with Crippen LogP contribution in [0.4, 0.5) is 61.5 Å². The topological polar surface area (TPSA) is 27.7 Å².